The molecule has 0 saturated carbocycles. The standard InChI is InChI=1S/C27H19NO2/c29-25-21-15-7-8-16-22(21)26-28(25)24-18-10-9-17-23(24)27(30-26,19-11-3-1-4-12-19)20-13-5-2-6-14-20/h1-18,26H/t26-/m1/s1. The summed E-state index contributed by atoms with van der Waals surface area (Å²) in [4.78, 5) is 15.1. The van der Waals surface area contributed by atoms with Gasteiger partial charge in [-0.25, -0.2) is 0 Å². The molecule has 0 bridgehead atoms. The predicted octanol–water partition coefficient (Wildman–Crippen LogP) is 5.67. The molecule has 6 rings (SSSR count). The fourth-order valence-corrected chi connectivity index (χ4v) is 4.81. The minimum atomic E-state index is -0.821. The van der Waals surface area contributed by atoms with Gasteiger partial charge in [0.2, 0.25) is 0 Å². The summed E-state index contributed by atoms with van der Waals surface area (Å²) < 4.78 is 7.00. The minimum Gasteiger partial charge on any atom is -0.333 e. The number of carbonyl (C=O) groups excluding carboxylic acids is 1. The normalized spacial score (nSPS) is 18.5. The zero-order chi connectivity index (χ0) is 20.1. The zero-order valence-electron chi connectivity index (χ0n) is 16.2. The molecule has 144 valence electrons. The Morgan fingerprint density at radius 2 is 1.23 bits per heavy atom. The number of hydrogen-bond acceptors (Lipinski definition) is 2. The molecule has 4 aromatic rings. The fourth-order valence-electron chi connectivity index (χ4n) is 4.81. The number of nitrogens with zero attached hydrogens (tertiary/aromatic N) is 1. The average molecular weight is 389 g/mol. The summed E-state index contributed by atoms with van der Waals surface area (Å²) in [6.07, 6.45) is -0.482. The molecule has 2 heterocycles. The first kappa shape index (κ1) is 17.2. The molecule has 0 saturated heterocycles. The van der Waals surface area contributed by atoms with Crippen molar-refractivity contribution in [2.24, 2.45) is 0 Å². The summed E-state index contributed by atoms with van der Waals surface area (Å²) in [7, 11) is 0. The van der Waals surface area contributed by atoms with Crippen LogP contribution >= 0.6 is 0 Å². The van der Waals surface area contributed by atoms with Gasteiger partial charge in [-0.05, 0) is 23.3 Å². The quantitative estimate of drug-likeness (QED) is 0.442. The Hall–Kier alpha value is -3.69. The molecule has 2 aliphatic rings. The van der Waals surface area contributed by atoms with E-state index < -0.39 is 11.8 Å². The van der Waals surface area contributed by atoms with E-state index >= 15 is 0 Å². The van der Waals surface area contributed by atoms with Crippen molar-refractivity contribution < 1.29 is 9.53 Å². The van der Waals surface area contributed by atoms with E-state index in [1.165, 1.54) is 0 Å². The van der Waals surface area contributed by atoms with E-state index in [0.717, 1.165) is 27.9 Å². The van der Waals surface area contributed by atoms with Crippen LogP contribution in [-0.2, 0) is 10.3 Å². The van der Waals surface area contributed by atoms with Crippen molar-refractivity contribution in [1.29, 1.82) is 0 Å². The molecular weight excluding hydrogens is 370 g/mol. The molecule has 3 nitrogen and oxygen atoms in total. The van der Waals surface area contributed by atoms with E-state index in [4.69, 9.17) is 4.74 Å². The fraction of sp³-hybridized carbons (Fsp3) is 0.0741. The second-order valence-corrected chi connectivity index (χ2v) is 7.66. The first-order valence-corrected chi connectivity index (χ1v) is 10.1. The third kappa shape index (κ3) is 2.21. The van der Waals surface area contributed by atoms with Gasteiger partial charge in [0.1, 0.15) is 5.60 Å². The maximum Gasteiger partial charge on any atom is 0.261 e. The lowest BCUT2D eigenvalue weighted by Crippen LogP contribution is -2.45. The molecule has 0 aromatic heterocycles. The molecule has 0 fully saturated rings. The number of ether oxygens (including phenoxy) is 1. The topological polar surface area (TPSA) is 29.5 Å². The number of para-hydroxylation sites is 1. The van der Waals surface area contributed by atoms with Crippen molar-refractivity contribution in [1.82, 2.24) is 0 Å². The van der Waals surface area contributed by atoms with Crippen LogP contribution < -0.4 is 4.90 Å². The van der Waals surface area contributed by atoms with Gasteiger partial charge in [0, 0.05) is 16.7 Å². The number of amides is 1. The smallest absolute Gasteiger partial charge is 0.261 e. The monoisotopic (exact) mass is 389 g/mol. The van der Waals surface area contributed by atoms with Crippen molar-refractivity contribution in [3.63, 3.8) is 0 Å². The molecule has 0 unspecified atom stereocenters. The molecular formula is C27H19NO2. The number of carbonyl (C=O) groups is 1. The first-order chi connectivity index (χ1) is 14.8. The highest BCUT2D eigenvalue weighted by Gasteiger charge is 2.52. The molecule has 0 spiro atoms. The second-order valence-electron chi connectivity index (χ2n) is 7.66. The lowest BCUT2D eigenvalue weighted by Gasteiger charge is -2.46. The third-order valence-corrected chi connectivity index (χ3v) is 6.10. The summed E-state index contributed by atoms with van der Waals surface area (Å²) in [5, 5.41) is 0. The highest BCUT2D eigenvalue weighted by Crippen LogP contribution is 2.55. The van der Waals surface area contributed by atoms with E-state index in [2.05, 4.69) is 30.3 Å². The molecule has 2 aliphatic heterocycles. The Bertz CT molecular complexity index is 1210. The van der Waals surface area contributed by atoms with Gasteiger partial charge in [-0.2, -0.15) is 0 Å². The molecule has 30 heavy (non-hydrogen) atoms. The van der Waals surface area contributed by atoms with Gasteiger partial charge < -0.3 is 4.74 Å². The molecule has 0 radical (unpaired) electrons. The average Bonchev–Trinajstić information content (AvgIpc) is 3.11. The molecule has 0 aliphatic carbocycles. The Kier molecular flexibility index (Phi) is 3.67. The van der Waals surface area contributed by atoms with Crippen molar-refractivity contribution in [3.05, 3.63) is 137 Å². The largest absolute Gasteiger partial charge is 0.333 e. The van der Waals surface area contributed by atoms with Crippen molar-refractivity contribution in [2.75, 3.05) is 4.90 Å². The minimum absolute atomic E-state index is 0.0160. The number of hydrogen-bond donors (Lipinski definition) is 0. The molecule has 1 atom stereocenters. The van der Waals surface area contributed by atoms with Crippen LogP contribution in [0.25, 0.3) is 0 Å². The Balaban J connectivity index is 1.70. The van der Waals surface area contributed by atoms with Gasteiger partial charge in [-0.3, -0.25) is 9.69 Å². The maximum atomic E-state index is 13.3. The number of anilines is 1. The summed E-state index contributed by atoms with van der Waals surface area (Å²) in [5.41, 5.74) is 4.74. The van der Waals surface area contributed by atoms with Crippen LogP contribution in [0.15, 0.2) is 109 Å². The van der Waals surface area contributed by atoms with Crippen molar-refractivity contribution in [2.45, 2.75) is 11.8 Å². The van der Waals surface area contributed by atoms with Gasteiger partial charge >= 0.3 is 0 Å². The summed E-state index contributed by atoms with van der Waals surface area (Å²) in [5.74, 6) is -0.0160. The number of fused-ring (bicyclic) bond motifs is 5. The van der Waals surface area contributed by atoms with E-state index in [-0.39, 0.29) is 5.91 Å². The zero-order valence-corrected chi connectivity index (χ0v) is 16.2. The maximum absolute atomic E-state index is 13.3. The molecule has 4 aromatic carbocycles. The van der Waals surface area contributed by atoms with E-state index in [1.54, 1.807) is 4.90 Å². The lowest BCUT2D eigenvalue weighted by molar-refractivity contribution is -0.0539. The van der Waals surface area contributed by atoms with Crippen molar-refractivity contribution in [3.8, 4) is 0 Å². The molecule has 1 amide bonds. The Morgan fingerprint density at radius 3 is 1.93 bits per heavy atom. The molecule has 0 N–H and O–H groups in total. The third-order valence-electron chi connectivity index (χ3n) is 6.10. The molecule has 3 heteroatoms. The van der Waals surface area contributed by atoms with Gasteiger partial charge in [-0.1, -0.05) is 97.1 Å². The van der Waals surface area contributed by atoms with Crippen LogP contribution in [-0.4, -0.2) is 5.91 Å². The van der Waals surface area contributed by atoms with Crippen molar-refractivity contribution >= 4 is 11.6 Å². The summed E-state index contributed by atoms with van der Waals surface area (Å²) in [6, 6.07) is 36.4. The van der Waals surface area contributed by atoms with Gasteiger partial charge in [-0.15, -0.1) is 0 Å². The van der Waals surface area contributed by atoms with Crippen LogP contribution in [0.5, 0.6) is 0 Å². The van der Waals surface area contributed by atoms with Gasteiger partial charge in [0.25, 0.3) is 5.91 Å². The Morgan fingerprint density at radius 1 is 0.667 bits per heavy atom. The Labute approximate surface area is 175 Å². The van der Waals surface area contributed by atoms with Crippen LogP contribution in [0, 0.1) is 0 Å². The van der Waals surface area contributed by atoms with E-state index in [1.807, 2.05) is 78.9 Å². The van der Waals surface area contributed by atoms with Crippen LogP contribution in [0.4, 0.5) is 5.69 Å². The van der Waals surface area contributed by atoms with Crippen LogP contribution in [0.1, 0.15) is 38.8 Å². The summed E-state index contributed by atoms with van der Waals surface area (Å²) in [6.45, 7) is 0. The van der Waals surface area contributed by atoms with Crippen LogP contribution in [0.2, 0.25) is 0 Å². The second kappa shape index (κ2) is 6.41. The van der Waals surface area contributed by atoms with Gasteiger partial charge in [0.05, 0.1) is 5.69 Å². The predicted molar refractivity (Wildman–Crippen MR) is 116 cm³/mol. The lowest BCUT2D eigenvalue weighted by atomic mass is 9.78. The van der Waals surface area contributed by atoms with Gasteiger partial charge in [0.15, 0.2) is 6.23 Å². The van der Waals surface area contributed by atoms with E-state index in [0.29, 0.717) is 5.56 Å². The van der Waals surface area contributed by atoms with E-state index in [9.17, 15) is 4.79 Å². The first-order valence-electron chi connectivity index (χ1n) is 10.1. The van der Waals surface area contributed by atoms with Crippen LogP contribution in [0.3, 0.4) is 0 Å². The SMILES string of the molecule is O=C1c2ccccc2[C@H]2OC(c3ccccc3)(c3ccccc3)c3ccccc3N12. The highest BCUT2D eigenvalue weighted by atomic mass is 16.5. The highest BCUT2D eigenvalue weighted by molar-refractivity contribution is 6.11. The number of rotatable bonds is 2. The number of benzene rings is 4. The summed E-state index contributed by atoms with van der Waals surface area (Å²) >= 11 is 0.